The maximum absolute atomic E-state index is 11.1. The van der Waals surface area contributed by atoms with Gasteiger partial charge in [0, 0.05) is 18.6 Å². The number of aliphatic hydroxyl groups is 1. The van der Waals surface area contributed by atoms with Crippen LogP contribution in [-0.4, -0.2) is 29.4 Å². The first-order valence-electron chi connectivity index (χ1n) is 11.9. The highest BCUT2D eigenvalue weighted by Crippen LogP contribution is 2.61. The molecule has 6 rings (SSSR count). The molecule has 0 aromatic heterocycles. The van der Waals surface area contributed by atoms with Gasteiger partial charge in [-0.3, -0.25) is 0 Å². The van der Waals surface area contributed by atoms with Gasteiger partial charge in [0.2, 0.25) is 0 Å². The zero-order valence-electron chi connectivity index (χ0n) is 18.5. The van der Waals surface area contributed by atoms with Gasteiger partial charge in [0.1, 0.15) is 5.75 Å². The Morgan fingerprint density at radius 3 is 2.12 bits per heavy atom. The summed E-state index contributed by atoms with van der Waals surface area (Å²) in [6, 6.07) is 13.5. The fourth-order valence-corrected chi connectivity index (χ4v) is 6.82. The third-order valence-corrected chi connectivity index (χ3v) is 7.80. The van der Waals surface area contributed by atoms with E-state index >= 15 is 0 Å². The number of hydrogen-bond donors (Lipinski definition) is 2. The summed E-state index contributed by atoms with van der Waals surface area (Å²) < 4.78 is 6.24. The zero-order chi connectivity index (χ0) is 22.1. The van der Waals surface area contributed by atoms with E-state index in [4.69, 9.17) is 9.84 Å². The van der Waals surface area contributed by atoms with Crippen molar-refractivity contribution >= 4 is 18.1 Å². The molecule has 0 unspecified atom stereocenters. The SMILES string of the molecule is O=C(O)c1ccc(/C=C/c2ccc(C34CC5CC(CC(C5)C3)C4)c(OCCCO)c2)cc1. The summed E-state index contributed by atoms with van der Waals surface area (Å²) in [6.07, 6.45) is 12.8. The van der Waals surface area contributed by atoms with Gasteiger partial charge in [-0.1, -0.05) is 36.4 Å². The Morgan fingerprint density at radius 2 is 1.53 bits per heavy atom. The van der Waals surface area contributed by atoms with Gasteiger partial charge in [-0.25, -0.2) is 4.79 Å². The van der Waals surface area contributed by atoms with Crippen LogP contribution in [0.25, 0.3) is 12.2 Å². The summed E-state index contributed by atoms with van der Waals surface area (Å²) in [6.45, 7) is 0.665. The van der Waals surface area contributed by atoms with Crippen molar-refractivity contribution in [2.24, 2.45) is 17.8 Å². The maximum Gasteiger partial charge on any atom is 0.335 e. The quantitative estimate of drug-likeness (QED) is 0.410. The molecule has 0 heterocycles. The van der Waals surface area contributed by atoms with Gasteiger partial charge >= 0.3 is 5.97 Å². The molecule has 0 radical (unpaired) electrons. The maximum atomic E-state index is 11.1. The van der Waals surface area contributed by atoms with Crippen molar-refractivity contribution in [3.8, 4) is 5.75 Å². The second-order valence-electron chi connectivity index (χ2n) is 10.1. The van der Waals surface area contributed by atoms with E-state index in [2.05, 4.69) is 24.3 Å². The van der Waals surface area contributed by atoms with Gasteiger partial charge in [0.05, 0.1) is 12.2 Å². The molecule has 4 bridgehead atoms. The van der Waals surface area contributed by atoms with E-state index in [-0.39, 0.29) is 12.0 Å². The van der Waals surface area contributed by atoms with Crippen molar-refractivity contribution in [3.05, 3.63) is 64.7 Å². The summed E-state index contributed by atoms with van der Waals surface area (Å²) >= 11 is 0. The van der Waals surface area contributed by atoms with E-state index < -0.39 is 5.97 Å². The zero-order valence-corrected chi connectivity index (χ0v) is 18.5. The number of carbonyl (C=O) groups is 1. The van der Waals surface area contributed by atoms with E-state index in [9.17, 15) is 9.90 Å². The third-order valence-electron chi connectivity index (χ3n) is 7.80. The molecule has 4 heteroatoms. The van der Waals surface area contributed by atoms with Crippen molar-refractivity contribution in [3.63, 3.8) is 0 Å². The molecule has 0 saturated heterocycles. The summed E-state index contributed by atoms with van der Waals surface area (Å²) in [4.78, 5) is 11.1. The van der Waals surface area contributed by atoms with Crippen molar-refractivity contribution in [1.29, 1.82) is 0 Å². The number of carboxylic acid groups (broad SMARTS) is 1. The second-order valence-corrected chi connectivity index (χ2v) is 10.1. The summed E-state index contributed by atoms with van der Waals surface area (Å²) in [5, 5.41) is 18.3. The average Bonchev–Trinajstić information content (AvgIpc) is 2.77. The Hall–Kier alpha value is -2.59. The second kappa shape index (κ2) is 8.74. The minimum Gasteiger partial charge on any atom is -0.493 e. The van der Waals surface area contributed by atoms with Gasteiger partial charge in [-0.15, -0.1) is 0 Å². The Labute approximate surface area is 189 Å². The topological polar surface area (TPSA) is 66.8 Å². The fraction of sp³-hybridized carbons (Fsp3) is 0.464. The first-order chi connectivity index (χ1) is 15.5. The molecule has 0 amide bonds. The number of aliphatic hydroxyl groups excluding tert-OH is 1. The van der Waals surface area contributed by atoms with Crippen LogP contribution < -0.4 is 4.74 Å². The lowest BCUT2D eigenvalue weighted by Crippen LogP contribution is -2.48. The minimum absolute atomic E-state index is 0.138. The van der Waals surface area contributed by atoms with Crippen LogP contribution in [0, 0.1) is 17.8 Å². The highest BCUT2D eigenvalue weighted by Gasteiger charge is 2.52. The molecule has 4 aliphatic rings. The third kappa shape index (κ3) is 4.21. The molecule has 2 aromatic rings. The molecule has 4 fully saturated rings. The van der Waals surface area contributed by atoms with E-state index in [1.54, 1.807) is 12.1 Å². The summed E-state index contributed by atoms with van der Waals surface area (Å²) in [5.74, 6) is 2.69. The lowest BCUT2D eigenvalue weighted by atomic mass is 9.48. The minimum atomic E-state index is -0.912. The van der Waals surface area contributed by atoms with Gasteiger partial charge in [-0.05, 0) is 91.0 Å². The van der Waals surface area contributed by atoms with Crippen LogP contribution in [0.5, 0.6) is 5.75 Å². The Morgan fingerprint density at radius 1 is 0.938 bits per heavy atom. The molecular weight excluding hydrogens is 400 g/mol. The van der Waals surface area contributed by atoms with Gasteiger partial charge in [-0.2, -0.15) is 0 Å². The molecule has 4 saturated carbocycles. The van der Waals surface area contributed by atoms with Crippen LogP contribution in [0.3, 0.4) is 0 Å². The van der Waals surface area contributed by atoms with E-state index in [1.165, 1.54) is 44.1 Å². The van der Waals surface area contributed by atoms with E-state index in [1.807, 2.05) is 18.2 Å². The van der Waals surface area contributed by atoms with Gasteiger partial charge in [0.15, 0.2) is 0 Å². The summed E-state index contributed by atoms with van der Waals surface area (Å²) in [5.41, 5.74) is 3.96. The van der Waals surface area contributed by atoms with Gasteiger partial charge in [0.25, 0.3) is 0 Å². The molecule has 32 heavy (non-hydrogen) atoms. The molecule has 0 atom stereocenters. The van der Waals surface area contributed by atoms with Crippen LogP contribution in [0.2, 0.25) is 0 Å². The molecule has 168 valence electrons. The van der Waals surface area contributed by atoms with Gasteiger partial charge < -0.3 is 14.9 Å². The average molecular weight is 433 g/mol. The molecule has 4 aliphatic carbocycles. The van der Waals surface area contributed by atoms with Crippen LogP contribution in [0.15, 0.2) is 42.5 Å². The van der Waals surface area contributed by atoms with Crippen molar-refractivity contribution in [2.75, 3.05) is 13.2 Å². The lowest BCUT2D eigenvalue weighted by Gasteiger charge is -2.57. The molecule has 4 nitrogen and oxygen atoms in total. The van der Waals surface area contributed by atoms with E-state index in [0.717, 1.165) is 34.6 Å². The number of ether oxygens (including phenoxy) is 1. The first kappa shape index (κ1) is 21.3. The van der Waals surface area contributed by atoms with Crippen LogP contribution in [0.4, 0.5) is 0 Å². The monoisotopic (exact) mass is 432 g/mol. The van der Waals surface area contributed by atoms with Crippen LogP contribution >= 0.6 is 0 Å². The highest BCUT2D eigenvalue weighted by atomic mass is 16.5. The van der Waals surface area contributed by atoms with Crippen molar-refractivity contribution in [2.45, 2.75) is 50.4 Å². The Balaban J connectivity index is 1.42. The summed E-state index contributed by atoms with van der Waals surface area (Å²) in [7, 11) is 0. The first-order valence-corrected chi connectivity index (χ1v) is 11.9. The largest absolute Gasteiger partial charge is 0.493 e. The van der Waals surface area contributed by atoms with E-state index in [0.29, 0.717) is 18.6 Å². The number of aromatic carboxylic acids is 1. The predicted molar refractivity (Wildman–Crippen MR) is 126 cm³/mol. The number of rotatable bonds is 8. The predicted octanol–water partition coefficient (Wildman–Crippen LogP) is 5.78. The van der Waals surface area contributed by atoms with Crippen molar-refractivity contribution in [1.82, 2.24) is 0 Å². The molecule has 2 aromatic carbocycles. The number of hydrogen-bond acceptors (Lipinski definition) is 3. The van der Waals surface area contributed by atoms with Crippen molar-refractivity contribution < 1.29 is 19.7 Å². The van der Waals surface area contributed by atoms with Crippen LogP contribution in [0.1, 0.15) is 72.0 Å². The number of carboxylic acids is 1. The highest BCUT2D eigenvalue weighted by molar-refractivity contribution is 5.88. The number of benzene rings is 2. The molecule has 0 aliphatic heterocycles. The molecule has 2 N–H and O–H groups in total. The lowest BCUT2D eigenvalue weighted by molar-refractivity contribution is -0.00642. The normalized spacial score (nSPS) is 28.3. The van der Waals surface area contributed by atoms with Crippen LogP contribution in [-0.2, 0) is 5.41 Å². The standard InChI is InChI=1S/C28H32O4/c29-10-1-11-32-26-15-20(3-2-19-4-7-24(8-5-19)27(30)31)6-9-25(26)28-16-21-12-22(17-28)14-23(13-21)18-28/h2-9,15,21-23,29H,1,10-14,16-18H2,(H,30,31)/b3-2+. The fourth-order valence-electron chi connectivity index (χ4n) is 6.82. The molecular formula is C28H32O4. The Bertz CT molecular complexity index is 969. The molecule has 0 spiro atoms. The Kier molecular flexibility index (Phi) is 5.81. The smallest absolute Gasteiger partial charge is 0.335 e.